The maximum atomic E-state index is 11.2. The number of hydrogen-bond donors (Lipinski definition) is 1. The zero-order valence-electron chi connectivity index (χ0n) is 6.74. The maximum Gasteiger partial charge on any atom is 0.325 e. The van der Waals surface area contributed by atoms with Crippen LogP contribution in [0, 0.1) is 0 Å². The van der Waals surface area contributed by atoms with Gasteiger partial charge in [-0.1, -0.05) is 6.92 Å². The van der Waals surface area contributed by atoms with E-state index in [-0.39, 0.29) is 23.4 Å². The third-order valence-corrected chi connectivity index (χ3v) is 3.66. The first kappa shape index (κ1) is 7.91. The third-order valence-electron chi connectivity index (χ3n) is 2.21. The van der Waals surface area contributed by atoms with Crippen LogP contribution in [0.2, 0.25) is 0 Å². The molecule has 12 heavy (non-hydrogen) atoms. The fourth-order valence-corrected chi connectivity index (χ4v) is 2.96. The molecule has 2 rings (SSSR count). The van der Waals surface area contributed by atoms with E-state index >= 15 is 0 Å². The van der Waals surface area contributed by atoms with Gasteiger partial charge in [0.1, 0.15) is 6.04 Å². The van der Waals surface area contributed by atoms with E-state index in [9.17, 15) is 9.59 Å². The van der Waals surface area contributed by atoms with Gasteiger partial charge in [-0.3, -0.25) is 15.0 Å². The number of rotatable bonds is 1. The topological polar surface area (TPSA) is 49.4 Å². The molecule has 66 valence electrons. The lowest BCUT2D eigenvalue weighted by molar-refractivity contribution is -0.120. The normalized spacial score (nSPS) is 33.9. The van der Waals surface area contributed by atoms with E-state index in [2.05, 4.69) is 5.32 Å². The van der Waals surface area contributed by atoms with Crippen LogP contribution < -0.4 is 5.32 Å². The summed E-state index contributed by atoms with van der Waals surface area (Å²) < 4.78 is 0. The van der Waals surface area contributed by atoms with Gasteiger partial charge in [0.25, 0.3) is 5.91 Å². The maximum absolute atomic E-state index is 11.2. The molecule has 0 aliphatic carbocycles. The van der Waals surface area contributed by atoms with Crippen molar-refractivity contribution in [1.82, 2.24) is 10.2 Å². The molecule has 0 aromatic rings. The number of urea groups is 1. The number of imide groups is 1. The molecule has 0 radical (unpaired) electrons. The van der Waals surface area contributed by atoms with Gasteiger partial charge in [-0.2, -0.15) is 0 Å². The molecular weight excluding hydrogens is 176 g/mol. The van der Waals surface area contributed by atoms with Crippen LogP contribution in [0.15, 0.2) is 0 Å². The van der Waals surface area contributed by atoms with Crippen LogP contribution in [-0.2, 0) is 4.79 Å². The minimum absolute atomic E-state index is 0.136. The van der Waals surface area contributed by atoms with E-state index in [1.165, 1.54) is 0 Å². The number of hydrogen-bond acceptors (Lipinski definition) is 3. The Morgan fingerprint density at radius 1 is 1.67 bits per heavy atom. The third kappa shape index (κ3) is 0.924. The Labute approximate surface area is 74.7 Å². The molecule has 2 saturated heterocycles. The molecule has 5 heteroatoms. The van der Waals surface area contributed by atoms with Crippen molar-refractivity contribution in [1.29, 1.82) is 0 Å². The first-order valence-corrected chi connectivity index (χ1v) is 5.03. The van der Waals surface area contributed by atoms with Crippen LogP contribution in [0.25, 0.3) is 0 Å². The molecule has 0 spiro atoms. The van der Waals surface area contributed by atoms with Crippen molar-refractivity contribution in [2.75, 3.05) is 5.75 Å². The lowest BCUT2D eigenvalue weighted by atomic mass is 10.3. The summed E-state index contributed by atoms with van der Waals surface area (Å²) in [6.45, 7) is 2.02. The van der Waals surface area contributed by atoms with E-state index in [1.54, 1.807) is 16.7 Å². The zero-order valence-corrected chi connectivity index (χ0v) is 7.56. The summed E-state index contributed by atoms with van der Waals surface area (Å²) in [5, 5.41) is 2.51. The monoisotopic (exact) mass is 186 g/mol. The molecule has 2 fully saturated rings. The molecule has 0 aromatic carbocycles. The molecular formula is C7H10N2O2S. The van der Waals surface area contributed by atoms with E-state index in [1.807, 2.05) is 6.92 Å². The van der Waals surface area contributed by atoms with Crippen LogP contribution in [0.4, 0.5) is 4.79 Å². The number of carbonyl (C=O) groups is 2. The summed E-state index contributed by atoms with van der Waals surface area (Å²) in [4.78, 5) is 24.0. The number of nitrogens with one attached hydrogen (secondary N) is 1. The lowest BCUT2D eigenvalue weighted by Gasteiger charge is -2.18. The average Bonchev–Trinajstić information content (AvgIpc) is 2.55. The summed E-state index contributed by atoms with van der Waals surface area (Å²) >= 11 is 1.69. The van der Waals surface area contributed by atoms with Gasteiger partial charge in [0.15, 0.2) is 0 Å². The molecule has 0 saturated carbocycles. The molecule has 2 aliphatic rings. The summed E-state index contributed by atoms with van der Waals surface area (Å²) in [6, 6.07) is -0.422. The first-order valence-electron chi connectivity index (χ1n) is 3.98. The molecule has 0 aromatic heterocycles. The highest BCUT2D eigenvalue weighted by molar-refractivity contribution is 8.00. The number of nitrogens with zero attached hydrogens (tertiary/aromatic N) is 1. The van der Waals surface area contributed by atoms with Crippen molar-refractivity contribution in [2.24, 2.45) is 0 Å². The van der Waals surface area contributed by atoms with Crippen LogP contribution >= 0.6 is 11.8 Å². The summed E-state index contributed by atoms with van der Waals surface area (Å²) in [5.41, 5.74) is 0. The van der Waals surface area contributed by atoms with Crippen molar-refractivity contribution < 1.29 is 9.59 Å². The van der Waals surface area contributed by atoms with Crippen molar-refractivity contribution in [3.63, 3.8) is 0 Å². The Morgan fingerprint density at radius 2 is 2.42 bits per heavy atom. The van der Waals surface area contributed by atoms with E-state index in [0.29, 0.717) is 0 Å². The first-order chi connectivity index (χ1) is 5.74. The van der Waals surface area contributed by atoms with Crippen LogP contribution in [-0.4, -0.2) is 34.0 Å². The Kier molecular flexibility index (Phi) is 1.75. The second-order valence-electron chi connectivity index (χ2n) is 2.91. The van der Waals surface area contributed by atoms with Crippen LogP contribution in [0.5, 0.6) is 0 Å². The quantitative estimate of drug-likeness (QED) is 0.603. The Hall–Kier alpha value is -0.710. The minimum atomic E-state index is -0.221. The van der Waals surface area contributed by atoms with Gasteiger partial charge in [-0.05, 0) is 6.42 Å². The standard InChI is InChI=1S/C7H10N2O2S/c1-2-5-9-4(3-12-5)6(10)8-7(9)11/h4-5H,2-3H2,1H3,(H,8,10,11)/t4-,5?/m0/s1. The van der Waals surface area contributed by atoms with Gasteiger partial charge >= 0.3 is 6.03 Å². The number of thioether (sulfide) groups is 1. The second kappa shape index (κ2) is 2.65. The number of fused-ring (bicyclic) bond motifs is 1. The minimum Gasteiger partial charge on any atom is -0.300 e. The van der Waals surface area contributed by atoms with Crippen molar-refractivity contribution in [2.45, 2.75) is 24.8 Å². The fraction of sp³-hybridized carbons (Fsp3) is 0.714. The van der Waals surface area contributed by atoms with Crippen LogP contribution in [0.1, 0.15) is 13.3 Å². The zero-order chi connectivity index (χ0) is 8.72. The molecule has 2 heterocycles. The fourth-order valence-electron chi connectivity index (χ4n) is 1.61. The number of amides is 3. The van der Waals surface area contributed by atoms with Crippen LogP contribution in [0.3, 0.4) is 0 Å². The number of carbonyl (C=O) groups excluding carboxylic acids is 2. The van der Waals surface area contributed by atoms with Gasteiger partial charge in [0, 0.05) is 5.75 Å². The highest BCUT2D eigenvalue weighted by atomic mass is 32.2. The smallest absolute Gasteiger partial charge is 0.300 e. The summed E-state index contributed by atoms with van der Waals surface area (Å²) in [7, 11) is 0. The van der Waals surface area contributed by atoms with Gasteiger partial charge in [-0.25, -0.2) is 4.79 Å². The highest BCUT2D eigenvalue weighted by Gasteiger charge is 2.46. The molecule has 2 atom stereocenters. The molecule has 1 unspecified atom stereocenters. The molecule has 4 nitrogen and oxygen atoms in total. The van der Waals surface area contributed by atoms with Gasteiger partial charge in [0.05, 0.1) is 5.37 Å². The lowest BCUT2D eigenvalue weighted by Crippen LogP contribution is -2.35. The SMILES string of the molecule is CCC1SC[C@H]2C(=O)NC(=O)N12. The largest absolute Gasteiger partial charge is 0.325 e. The van der Waals surface area contributed by atoms with Crippen molar-refractivity contribution in [3.8, 4) is 0 Å². The summed E-state index contributed by atoms with van der Waals surface area (Å²) in [6.07, 6.45) is 0.905. The van der Waals surface area contributed by atoms with E-state index in [0.717, 1.165) is 12.2 Å². The summed E-state index contributed by atoms with van der Waals surface area (Å²) in [5.74, 6) is 0.610. The molecule has 2 aliphatic heterocycles. The van der Waals surface area contributed by atoms with Gasteiger partial charge < -0.3 is 0 Å². The molecule has 3 amide bonds. The van der Waals surface area contributed by atoms with Crippen molar-refractivity contribution in [3.05, 3.63) is 0 Å². The Morgan fingerprint density at radius 3 is 3.08 bits per heavy atom. The molecule has 0 bridgehead atoms. The highest BCUT2D eigenvalue weighted by Crippen LogP contribution is 2.33. The average molecular weight is 186 g/mol. The van der Waals surface area contributed by atoms with E-state index in [4.69, 9.17) is 0 Å². The predicted molar refractivity (Wildman–Crippen MR) is 45.7 cm³/mol. The Balaban J connectivity index is 2.22. The van der Waals surface area contributed by atoms with Crippen molar-refractivity contribution >= 4 is 23.7 Å². The van der Waals surface area contributed by atoms with Gasteiger partial charge in [0.2, 0.25) is 0 Å². The van der Waals surface area contributed by atoms with E-state index < -0.39 is 0 Å². The predicted octanol–water partition coefficient (Wildman–Crippen LogP) is 0.390. The second-order valence-corrected chi connectivity index (χ2v) is 4.12. The van der Waals surface area contributed by atoms with Gasteiger partial charge in [-0.15, -0.1) is 11.8 Å². The molecule has 1 N–H and O–H groups in total. The Bertz CT molecular complexity index is 244.